The molecule has 5 heteroatoms. The van der Waals surface area contributed by atoms with Gasteiger partial charge in [-0.1, -0.05) is 6.07 Å². The van der Waals surface area contributed by atoms with Crippen LogP contribution in [0.25, 0.3) is 0 Å². The summed E-state index contributed by atoms with van der Waals surface area (Å²) in [6.07, 6.45) is 3.85. The summed E-state index contributed by atoms with van der Waals surface area (Å²) < 4.78 is 8.28. The van der Waals surface area contributed by atoms with Gasteiger partial charge in [-0.3, -0.25) is 4.68 Å². The number of aromatic nitrogens is 2. The Hall–Kier alpha value is -1.08. The highest BCUT2D eigenvalue weighted by Gasteiger charge is 2.04. The van der Waals surface area contributed by atoms with Gasteiger partial charge in [0.25, 0.3) is 0 Å². The molecule has 1 aromatic carbocycles. The van der Waals surface area contributed by atoms with Gasteiger partial charge >= 0.3 is 0 Å². The van der Waals surface area contributed by atoms with Crippen molar-refractivity contribution in [3.8, 4) is 5.75 Å². The van der Waals surface area contributed by atoms with E-state index in [4.69, 9.17) is 10.5 Å². The van der Waals surface area contributed by atoms with E-state index in [0.29, 0.717) is 6.54 Å². The standard InChI is InChI=1S/C12H14IN3O/c1-17-12-3-2-9(4-10(12)5-14)7-16-8-11(13)6-15-16/h2-4,6,8H,5,7,14H2,1H3. The van der Waals surface area contributed by atoms with Crippen LogP contribution in [0.3, 0.4) is 0 Å². The van der Waals surface area contributed by atoms with Crippen LogP contribution >= 0.6 is 22.6 Å². The van der Waals surface area contributed by atoms with Crippen molar-refractivity contribution in [3.63, 3.8) is 0 Å². The number of nitrogens with zero attached hydrogens (tertiary/aromatic N) is 2. The van der Waals surface area contributed by atoms with Gasteiger partial charge in [-0.2, -0.15) is 5.10 Å². The van der Waals surface area contributed by atoms with Gasteiger partial charge in [0.1, 0.15) is 5.75 Å². The Morgan fingerprint density at radius 1 is 1.47 bits per heavy atom. The van der Waals surface area contributed by atoms with E-state index in [1.54, 1.807) is 7.11 Å². The summed E-state index contributed by atoms with van der Waals surface area (Å²) in [5.74, 6) is 0.839. The van der Waals surface area contributed by atoms with E-state index >= 15 is 0 Å². The lowest BCUT2D eigenvalue weighted by atomic mass is 10.1. The van der Waals surface area contributed by atoms with Crippen LogP contribution in [0.2, 0.25) is 0 Å². The van der Waals surface area contributed by atoms with E-state index in [2.05, 4.69) is 33.8 Å². The fourth-order valence-corrected chi connectivity index (χ4v) is 2.15. The third-order valence-electron chi connectivity index (χ3n) is 2.51. The predicted octanol–water partition coefficient (Wildman–Crippen LogP) is 2.00. The van der Waals surface area contributed by atoms with Crippen molar-refractivity contribution in [3.05, 3.63) is 45.3 Å². The minimum absolute atomic E-state index is 0.480. The Kier molecular flexibility index (Phi) is 4.01. The summed E-state index contributed by atoms with van der Waals surface area (Å²) in [7, 11) is 1.66. The topological polar surface area (TPSA) is 53.1 Å². The zero-order chi connectivity index (χ0) is 12.3. The first-order valence-corrected chi connectivity index (χ1v) is 6.34. The number of halogens is 1. The van der Waals surface area contributed by atoms with Crippen molar-refractivity contribution in [1.82, 2.24) is 9.78 Å². The molecular weight excluding hydrogens is 329 g/mol. The second kappa shape index (κ2) is 5.50. The highest BCUT2D eigenvalue weighted by Crippen LogP contribution is 2.19. The van der Waals surface area contributed by atoms with E-state index in [1.165, 1.54) is 5.56 Å². The van der Waals surface area contributed by atoms with E-state index in [0.717, 1.165) is 21.4 Å². The Balaban J connectivity index is 2.22. The van der Waals surface area contributed by atoms with Crippen LogP contribution in [-0.4, -0.2) is 16.9 Å². The minimum atomic E-state index is 0.480. The number of nitrogens with two attached hydrogens (primary N) is 1. The maximum absolute atomic E-state index is 5.69. The molecule has 90 valence electrons. The molecule has 2 rings (SSSR count). The molecular formula is C12H14IN3O. The molecule has 0 fully saturated rings. The molecule has 1 aromatic heterocycles. The summed E-state index contributed by atoms with van der Waals surface area (Å²) in [5.41, 5.74) is 7.88. The molecule has 2 N–H and O–H groups in total. The first-order chi connectivity index (χ1) is 8.22. The van der Waals surface area contributed by atoms with Crippen molar-refractivity contribution in [2.24, 2.45) is 5.73 Å². The van der Waals surface area contributed by atoms with Gasteiger partial charge in [0.15, 0.2) is 0 Å². The minimum Gasteiger partial charge on any atom is -0.496 e. The summed E-state index contributed by atoms with van der Waals surface area (Å²) in [6, 6.07) is 6.05. The van der Waals surface area contributed by atoms with Crippen LogP contribution in [0.1, 0.15) is 11.1 Å². The molecule has 4 nitrogen and oxygen atoms in total. The lowest BCUT2D eigenvalue weighted by Gasteiger charge is -2.09. The molecule has 0 spiro atoms. The molecule has 17 heavy (non-hydrogen) atoms. The summed E-state index contributed by atoms with van der Waals surface area (Å²) in [5, 5.41) is 4.26. The average molecular weight is 343 g/mol. The molecule has 0 unspecified atom stereocenters. The Labute approximate surface area is 114 Å². The highest BCUT2D eigenvalue weighted by molar-refractivity contribution is 14.1. The number of hydrogen-bond acceptors (Lipinski definition) is 3. The molecule has 2 aromatic rings. The van der Waals surface area contributed by atoms with Crippen molar-refractivity contribution < 1.29 is 4.74 Å². The van der Waals surface area contributed by atoms with Gasteiger partial charge in [-0.05, 0) is 40.3 Å². The number of ether oxygens (including phenoxy) is 1. The maximum Gasteiger partial charge on any atom is 0.123 e. The van der Waals surface area contributed by atoms with Gasteiger partial charge in [0.05, 0.1) is 23.4 Å². The quantitative estimate of drug-likeness (QED) is 0.864. The number of methoxy groups -OCH3 is 1. The summed E-state index contributed by atoms with van der Waals surface area (Å²) >= 11 is 2.25. The van der Waals surface area contributed by atoms with Crippen LogP contribution in [-0.2, 0) is 13.1 Å². The molecule has 0 aliphatic heterocycles. The van der Waals surface area contributed by atoms with Crippen molar-refractivity contribution in [2.45, 2.75) is 13.1 Å². The van der Waals surface area contributed by atoms with Crippen LogP contribution < -0.4 is 10.5 Å². The monoisotopic (exact) mass is 343 g/mol. The van der Waals surface area contributed by atoms with Crippen molar-refractivity contribution in [1.29, 1.82) is 0 Å². The first kappa shape index (κ1) is 12.4. The zero-order valence-electron chi connectivity index (χ0n) is 9.56. The second-order valence-electron chi connectivity index (χ2n) is 3.71. The lowest BCUT2D eigenvalue weighted by molar-refractivity contribution is 0.409. The number of rotatable bonds is 4. The van der Waals surface area contributed by atoms with Gasteiger partial charge in [0.2, 0.25) is 0 Å². The Morgan fingerprint density at radius 3 is 2.88 bits per heavy atom. The molecule has 1 heterocycles. The molecule has 0 saturated heterocycles. The maximum atomic E-state index is 5.69. The molecule has 0 aliphatic carbocycles. The third kappa shape index (κ3) is 2.98. The molecule has 0 atom stereocenters. The van der Waals surface area contributed by atoms with Gasteiger partial charge < -0.3 is 10.5 Å². The molecule has 0 saturated carbocycles. The Morgan fingerprint density at radius 2 is 2.29 bits per heavy atom. The van der Waals surface area contributed by atoms with E-state index < -0.39 is 0 Å². The largest absolute Gasteiger partial charge is 0.496 e. The summed E-state index contributed by atoms with van der Waals surface area (Å²) in [4.78, 5) is 0. The second-order valence-corrected chi connectivity index (χ2v) is 4.95. The van der Waals surface area contributed by atoms with Crippen molar-refractivity contribution >= 4 is 22.6 Å². The predicted molar refractivity (Wildman–Crippen MR) is 74.9 cm³/mol. The SMILES string of the molecule is COc1ccc(Cn2cc(I)cn2)cc1CN. The van der Waals surface area contributed by atoms with E-state index in [-0.39, 0.29) is 0 Å². The number of hydrogen-bond donors (Lipinski definition) is 1. The highest BCUT2D eigenvalue weighted by atomic mass is 127. The fourth-order valence-electron chi connectivity index (χ4n) is 1.70. The van der Waals surface area contributed by atoms with Crippen LogP contribution in [0, 0.1) is 3.57 Å². The zero-order valence-corrected chi connectivity index (χ0v) is 11.7. The smallest absolute Gasteiger partial charge is 0.123 e. The summed E-state index contributed by atoms with van der Waals surface area (Å²) in [6.45, 7) is 1.23. The molecule has 0 aliphatic rings. The van der Waals surface area contributed by atoms with Crippen LogP contribution in [0.15, 0.2) is 30.6 Å². The van der Waals surface area contributed by atoms with Gasteiger partial charge in [0, 0.05) is 18.3 Å². The fraction of sp³-hybridized carbons (Fsp3) is 0.250. The molecule has 0 bridgehead atoms. The molecule has 0 radical (unpaired) electrons. The average Bonchev–Trinajstić information content (AvgIpc) is 2.74. The normalized spacial score (nSPS) is 10.5. The van der Waals surface area contributed by atoms with E-state index in [9.17, 15) is 0 Å². The molecule has 0 amide bonds. The van der Waals surface area contributed by atoms with Crippen molar-refractivity contribution in [2.75, 3.05) is 7.11 Å². The lowest BCUT2D eigenvalue weighted by Crippen LogP contribution is -2.04. The van der Waals surface area contributed by atoms with Crippen LogP contribution in [0.4, 0.5) is 0 Å². The van der Waals surface area contributed by atoms with Gasteiger partial charge in [-0.15, -0.1) is 0 Å². The Bertz CT molecular complexity index is 510. The first-order valence-electron chi connectivity index (χ1n) is 5.26. The van der Waals surface area contributed by atoms with Crippen LogP contribution in [0.5, 0.6) is 5.75 Å². The van der Waals surface area contributed by atoms with E-state index in [1.807, 2.05) is 29.2 Å². The van der Waals surface area contributed by atoms with Gasteiger partial charge in [-0.25, -0.2) is 0 Å². The third-order valence-corrected chi connectivity index (χ3v) is 3.07. The number of benzene rings is 1.